The van der Waals surface area contributed by atoms with Crippen molar-refractivity contribution in [3.8, 4) is 11.5 Å². The van der Waals surface area contributed by atoms with E-state index in [4.69, 9.17) is 14.2 Å². The Morgan fingerprint density at radius 1 is 1.16 bits per heavy atom. The lowest BCUT2D eigenvalue weighted by atomic mass is 10.2. The van der Waals surface area contributed by atoms with Crippen molar-refractivity contribution < 1.29 is 19.0 Å². The van der Waals surface area contributed by atoms with Gasteiger partial charge in [0, 0.05) is 22.9 Å². The molecule has 1 aromatic heterocycles. The normalized spacial score (nSPS) is 15.5. The number of benzene rings is 1. The number of hydrogen-bond donors (Lipinski definition) is 0. The van der Waals surface area contributed by atoms with Crippen LogP contribution in [0.25, 0.3) is 6.08 Å². The van der Waals surface area contributed by atoms with E-state index in [2.05, 4.69) is 23.8 Å². The fourth-order valence-corrected chi connectivity index (χ4v) is 3.03. The molecule has 6 nitrogen and oxygen atoms in total. The van der Waals surface area contributed by atoms with E-state index in [1.807, 2.05) is 5.38 Å². The average Bonchev–Trinajstić information content (AvgIpc) is 3.22. The number of ether oxygens (including phenoxy) is 3. The number of carbonyl (C=O) groups excluding carboxylic acids is 1. The van der Waals surface area contributed by atoms with Crippen molar-refractivity contribution in [2.75, 3.05) is 14.2 Å². The fraction of sp³-hybridized carbons (Fsp3) is 0.278. The van der Waals surface area contributed by atoms with Gasteiger partial charge in [-0.1, -0.05) is 13.8 Å². The van der Waals surface area contributed by atoms with Crippen LogP contribution < -0.4 is 9.47 Å². The van der Waals surface area contributed by atoms with E-state index >= 15 is 0 Å². The highest BCUT2D eigenvalue weighted by molar-refractivity contribution is 7.09. The molecule has 0 saturated heterocycles. The summed E-state index contributed by atoms with van der Waals surface area (Å²) in [5.74, 6) is 1.23. The van der Waals surface area contributed by atoms with E-state index in [0.717, 1.165) is 5.01 Å². The first-order chi connectivity index (χ1) is 12.0. The molecule has 1 aliphatic rings. The second-order valence-electron chi connectivity index (χ2n) is 5.70. The van der Waals surface area contributed by atoms with Crippen molar-refractivity contribution in [2.24, 2.45) is 4.99 Å². The monoisotopic (exact) mass is 358 g/mol. The lowest BCUT2D eigenvalue weighted by Crippen LogP contribution is -2.06. The number of hydrogen-bond acceptors (Lipinski definition) is 7. The van der Waals surface area contributed by atoms with E-state index in [0.29, 0.717) is 28.7 Å². The van der Waals surface area contributed by atoms with Gasteiger partial charge in [0.2, 0.25) is 5.90 Å². The average molecular weight is 358 g/mol. The zero-order chi connectivity index (χ0) is 18.0. The van der Waals surface area contributed by atoms with Crippen molar-refractivity contribution in [3.05, 3.63) is 45.5 Å². The predicted molar refractivity (Wildman–Crippen MR) is 96.4 cm³/mol. The third-order valence-corrected chi connectivity index (χ3v) is 4.70. The topological polar surface area (TPSA) is 70.0 Å². The van der Waals surface area contributed by atoms with Gasteiger partial charge in [0.25, 0.3) is 0 Å². The van der Waals surface area contributed by atoms with Gasteiger partial charge in [-0.3, -0.25) is 0 Å². The smallest absolute Gasteiger partial charge is 0.363 e. The molecule has 0 aliphatic carbocycles. The van der Waals surface area contributed by atoms with Crippen molar-refractivity contribution in [1.29, 1.82) is 0 Å². The summed E-state index contributed by atoms with van der Waals surface area (Å²) in [7, 11) is 3.11. The Balaban J connectivity index is 1.93. The molecule has 0 atom stereocenters. The third kappa shape index (κ3) is 3.71. The number of cyclic esters (lactones) is 1. The van der Waals surface area contributed by atoms with E-state index in [-0.39, 0.29) is 11.6 Å². The number of methoxy groups -OCH3 is 2. The number of rotatable bonds is 5. The highest BCUT2D eigenvalue weighted by Gasteiger charge is 2.25. The maximum absolute atomic E-state index is 12.1. The van der Waals surface area contributed by atoms with Gasteiger partial charge in [-0.15, -0.1) is 11.3 Å². The largest absolute Gasteiger partial charge is 0.497 e. The highest BCUT2D eigenvalue weighted by atomic mass is 32.1. The number of carbonyl (C=O) groups is 1. The van der Waals surface area contributed by atoms with Gasteiger partial charge in [-0.2, -0.15) is 0 Å². The predicted octanol–water partition coefficient (Wildman–Crippen LogP) is 3.63. The molecule has 0 N–H and O–H groups in total. The van der Waals surface area contributed by atoms with Crippen LogP contribution in [0.2, 0.25) is 0 Å². The first kappa shape index (κ1) is 17.2. The molecule has 0 fully saturated rings. The number of aliphatic imine (C=N–C) groups is 1. The lowest BCUT2D eigenvalue weighted by Gasteiger charge is -2.07. The van der Waals surface area contributed by atoms with Crippen LogP contribution in [0.1, 0.15) is 36.0 Å². The lowest BCUT2D eigenvalue weighted by molar-refractivity contribution is -0.129. The summed E-state index contributed by atoms with van der Waals surface area (Å²) in [6.45, 7) is 4.15. The maximum atomic E-state index is 12.1. The first-order valence-corrected chi connectivity index (χ1v) is 8.59. The molecule has 0 bridgehead atoms. The number of nitrogens with zero attached hydrogens (tertiary/aromatic N) is 2. The standard InChI is InChI=1S/C18H18N2O4S/c1-10(2)17-19-12(9-25-17)7-15-18(21)24-16(20-15)11-5-13(22-3)8-14(6-11)23-4/h5-10H,1-4H3/b15-7+. The molecule has 1 aromatic carbocycles. The van der Waals surface area contributed by atoms with E-state index in [1.165, 1.54) is 0 Å². The molecule has 3 rings (SSSR count). The number of esters is 1. The molecule has 0 saturated carbocycles. The summed E-state index contributed by atoms with van der Waals surface area (Å²) in [4.78, 5) is 20.9. The minimum Gasteiger partial charge on any atom is -0.497 e. The Morgan fingerprint density at radius 3 is 2.40 bits per heavy atom. The Labute approximate surface area is 149 Å². The van der Waals surface area contributed by atoms with Gasteiger partial charge >= 0.3 is 5.97 Å². The summed E-state index contributed by atoms with van der Waals surface area (Å²) in [5.41, 5.74) is 1.53. The van der Waals surface area contributed by atoms with E-state index < -0.39 is 5.97 Å². The summed E-state index contributed by atoms with van der Waals surface area (Å²) >= 11 is 1.56. The van der Waals surface area contributed by atoms with E-state index in [9.17, 15) is 4.79 Å². The molecule has 1 aliphatic heterocycles. The Hall–Kier alpha value is -2.67. The molecule has 2 aromatic rings. The fourth-order valence-electron chi connectivity index (χ4n) is 2.24. The minimum atomic E-state index is -0.504. The minimum absolute atomic E-state index is 0.216. The van der Waals surface area contributed by atoms with Crippen LogP contribution in [-0.4, -0.2) is 31.1 Å². The summed E-state index contributed by atoms with van der Waals surface area (Å²) < 4.78 is 15.8. The molecule has 0 amide bonds. The Morgan fingerprint density at radius 2 is 1.84 bits per heavy atom. The van der Waals surface area contributed by atoms with Crippen molar-refractivity contribution >= 4 is 29.3 Å². The Kier molecular flexibility index (Phi) is 4.85. The van der Waals surface area contributed by atoms with Crippen LogP contribution >= 0.6 is 11.3 Å². The second-order valence-corrected chi connectivity index (χ2v) is 6.59. The molecule has 0 unspecified atom stereocenters. The zero-order valence-corrected chi connectivity index (χ0v) is 15.2. The zero-order valence-electron chi connectivity index (χ0n) is 14.4. The van der Waals surface area contributed by atoms with Gasteiger partial charge in [-0.25, -0.2) is 14.8 Å². The SMILES string of the molecule is COc1cc(OC)cc(C2=N/C(=C/c3csc(C(C)C)n3)C(=O)O2)c1. The molecule has 7 heteroatoms. The van der Waals surface area contributed by atoms with E-state index in [1.54, 1.807) is 49.8 Å². The molecule has 0 spiro atoms. The van der Waals surface area contributed by atoms with Crippen LogP contribution in [0.4, 0.5) is 0 Å². The molecule has 130 valence electrons. The van der Waals surface area contributed by atoms with Crippen molar-refractivity contribution in [1.82, 2.24) is 4.98 Å². The molecule has 0 radical (unpaired) electrons. The van der Waals surface area contributed by atoms with Crippen LogP contribution in [0.15, 0.2) is 34.3 Å². The number of thiazole rings is 1. The van der Waals surface area contributed by atoms with Gasteiger partial charge < -0.3 is 14.2 Å². The molecular formula is C18H18N2O4S. The second kappa shape index (κ2) is 7.06. The Bertz CT molecular complexity index is 845. The third-order valence-electron chi connectivity index (χ3n) is 3.54. The first-order valence-electron chi connectivity index (χ1n) is 7.71. The summed E-state index contributed by atoms with van der Waals surface area (Å²) in [5, 5.41) is 2.91. The van der Waals surface area contributed by atoms with Crippen LogP contribution in [0.3, 0.4) is 0 Å². The van der Waals surface area contributed by atoms with Gasteiger partial charge in [0.15, 0.2) is 5.70 Å². The quantitative estimate of drug-likeness (QED) is 0.603. The summed E-state index contributed by atoms with van der Waals surface area (Å²) in [6, 6.07) is 5.20. The maximum Gasteiger partial charge on any atom is 0.363 e. The van der Waals surface area contributed by atoms with Crippen LogP contribution in [0, 0.1) is 0 Å². The van der Waals surface area contributed by atoms with Crippen molar-refractivity contribution in [3.63, 3.8) is 0 Å². The summed E-state index contributed by atoms with van der Waals surface area (Å²) in [6.07, 6.45) is 1.63. The van der Waals surface area contributed by atoms with Gasteiger partial charge in [0.05, 0.1) is 24.9 Å². The van der Waals surface area contributed by atoms with Crippen LogP contribution in [-0.2, 0) is 9.53 Å². The van der Waals surface area contributed by atoms with Crippen molar-refractivity contribution in [2.45, 2.75) is 19.8 Å². The molecule has 2 heterocycles. The van der Waals surface area contributed by atoms with Gasteiger partial charge in [-0.05, 0) is 18.2 Å². The molecule has 25 heavy (non-hydrogen) atoms. The van der Waals surface area contributed by atoms with Gasteiger partial charge in [0.1, 0.15) is 11.5 Å². The van der Waals surface area contributed by atoms with Crippen LogP contribution in [0.5, 0.6) is 11.5 Å². The molecular weight excluding hydrogens is 340 g/mol. The highest BCUT2D eigenvalue weighted by Crippen LogP contribution is 2.27. The number of aromatic nitrogens is 1.